The number of imidazole rings is 1. The molecular weight excluding hydrogens is 320 g/mol. The van der Waals surface area contributed by atoms with Gasteiger partial charge in [0.2, 0.25) is 5.95 Å². The molecule has 0 aliphatic heterocycles. The van der Waals surface area contributed by atoms with Gasteiger partial charge >= 0.3 is 0 Å². The van der Waals surface area contributed by atoms with Gasteiger partial charge in [-0.1, -0.05) is 0 Å². The van der Waals surface area contributed by atoms with E-state index in [1.165, 1.54) is 0 Å². The van der Waals surface area contributed by atoms with E-state index >= 15 is 0 Å². The number of aromatic nitrogens is 3. The summed E-state index contributed by atoms with van der Waals surface area (Å²) >= 11 is 3.38. The zero-order valence-corrected chi connectivity index (χ0v) is 12.5. The molecular formula is C14H13BrN4O. The molecule has 0 atom stereocenters. The lowest BCUT2D eigenvalue weighted by atomic mass is 10.3. The van der Waals surface area contributed by atoms with Gasteiger partial charge in [0.15, 0.2) is 5.65 Å². The van der Waals surface area contributed by atoms with E-state index in [0.29, 0.717) is 12.6 Å². The number of nitrogens with zero attached hydrogens (tertiary/aromatic N) is 3. The van der Waals surface area contributed by atoms with Crippen LogP contribution in [-0.2, 0) is 0 Å². The average molecular weight is 333 g/mol. The first kappa shape index (κ1) is 12.9. The number of nitrogens with two attached hydrogens (primary N) is 1. The van der Waals surface area contributed by atoms with Crippen molar-refractivity contribution in [2.75, 3.05) is 12.3 Å². The van der Waals surface area contributed by atoms with Crippen LogP contribution in [0.4, 0.5) is 5.95 Å². The van der Waals surface area contributed by atoms with Crippen LogP contribution in [0.3, 0.4) is 0 Å². The first-order chi connectivity index (χ1) is 9.69. The van der Waals surface area contributed by atoms with Gasteiger partial charge in [-0.3, -0.25) is 4.57 Å². The van der Waals surface area contributed by atoms with E-state index in [1.54, 1.807) is 6.20 Å². The summed E-state index contributed by atoms with van der Waals surface area (Å²) < 4.78 is 8.13. The quantitative estimate of drug-likeness (QED) is 0.800. The SMILES string of the molecule is CCOc1ccc(-n2c(N)nc3cc(Br)cnc32)cc1. The molecule has 0 fully saturated rings. The molecule has 2 N–H and O–H groups in total. The van der Waals surface area contributed by atoms with E-state index in [9.17, 15) is 0 Å². The topological polar surface area (TPSA) is 66.0 Å². The van der Waals surface area contributed by atoms with Gasteiger partial charge in [0.05, 0.1) is 12.3 Å². The smallest absolute Gasteiger partial charge is 0.207 e. The van der Waals surface area contributed by atoms with Crippen LogP contribution >= 0.6 is 15.9 Å². The van der Waals surface area contributed by atoms with Crippen molar-refractivity contribution in [3.8, 4) is 11.4 Å². The summed E-state index contributed by atoms with van der Waals surface area (Å²) in [4.78, 5) is 8.71. The van der Waals surface area contributed by atoms with Gasteiger partial charge in [0.1, 0.15) is 11.3 Å². The van der Waals surface area contributed by atoms with Crippen molar-refractivity contribution in [3.63, 3.8) is 0 Å². The number of rotatable bonds is 3. The Bertz CT molecular complexity index is 752. The summed E-state index contributed by atoms with van der Waals surface area (Å²) in [7, 11) is 0. The number of halogens is 1. The molecule has 0 aliphatic rings. The maximum Gasteiger partial charge on any atom is 0.207 e. The summed E-state index contributed by atoms with van der Waals surface area (Å²) in [6.07, 6.45) is 1.73. The molecule has 5 nitrogen and oxygen atoms in total. The highest BCUT2D eigenvalue weighted by atomic mass is 79.9. The Labute approximate surface area is 124 Å². The molecule has 0 saturated heterocycles. The molecule has 0 saturated carbocycles. The number of anilines is 1. The third kappa shape index (κ3) is 2.22. The van der Waals surface area contributed by atoms with Crippen molar-refractivity contribution in [2.24, 2.45) is 0 Å². The fraction of sp³-hybridized carbons (Fsp3) is 0.143. The Morgan fingerprint density at radius 1 is 1.30 bits per heavy atom. The highest BCUT2D eigenvalue weighted by molar-refractivity contribution is 9.10. The monoisotopic (exact) mass is 332 g/mol. The fourth-order valence-corrected chi connectivity index (χ4v) is 2.39. The van der Waals surface area contributed by atoms with Crippen molar-refractivity contribution in [1.82, 2.24) is 14.5 Å². The van der Waals surface area contributed by atoms with Crippen LogP contribution in [0, 0.1) is 0 Å². The molecule has 20 heavy (non-hydrogen) atoms. The molecule has 0 radical (unpaired) electrons. The number of benzene rings is 1. The van der Waals surface area contributed by atoms with E-state index in [-0.39, 0.29) is 0 Å². The highest BCUT2D eigenvalue weighted by Crippen LogP contribution is 2.24. The molecule has 0 spiro atoms. The Morgan fingerprint density at radius 2 is 2.05 bits per heavy atom. The van der Waals surface area contributed by atoms with Crippen LogP contribution in [-0.4, -0.2) is 21.1 Å². The van der Waals surface area contributed by atoms with Gasteiger partial charge in [0.25, 0.3) is 0 Å². The molecule has 3 aromatic rings. The van der Waals surface area contributed by atoms with Gasteiger partial charge in [-0.05, 0) is 53.2 Å². The number of ether oxygens (including phenoxy) is 1. The van der Waals surface area contributed by atoms with Crippen molar-refractivity contribution >= 4 is 33.0 Å². The lowest BCUT2D eigenvalue weighted by Crippen LogP contribution is -2.01. The molecule has 0 aliphatic carbocycles. The van der Waals surface area contributed by atoms with Crippen LogP contribution in [0.25, 0.3) is 16.9 Å². The average Bonchev–Trinajstić information content (AvgIpc) is 2.75. The number of hydrogen-bond donors (Lipinski definition) is 1. The molecule has 0 unspecified atom stereocenters. The molecule has 2 aromatic heterocycles. The number of nitrogen functional groups attached to an aromatic ring is 1. The summed E-state index contributed by atoms with van der Waals surface area (Å²) in [6, 6.07) is 9.58. The van der Waals surface area contributed by atoms with E-state index in [2.05, 4.69) is 25.9 Å². The van der Waals surface area contributed by atoms with E-state index in [1.807, 2.05) is 41.8 Å². The molecule has 3 rings (SSSR count). The van der Waals surface area contributed by atoms with Gasteiger partial charge in [-0.25, -0.2) is 9.97 Å². The number of hydrogen-bond acceptors (Lipinski definition) is 4. The molecule has 0 amide bonds. The predicted molar refractivity (Wildman–Crippen MR) is 82.1 cm³/mol. The minimum absolute atomic E-state index is 0.412. The lowest BCUT2D eigenvalue weighted by Gasteiger charge is -2.07. The van der Waals surface area contributed by atoms with Gasteiger partial charge in [0, 0.05) is 10.7 Å². The van der Waals surface area contributed by atoms with Crippen LogP contribution < -0.4 is 10.5 Å². The Balaban J connectivity index is 2.11. The van der Waals surface area contributed by atoms with Gasteiger partial charge in [-0.15, -0.1) is 0 Å². The fourth-order valence-electron chi connectivity index (χ4n) is 2.07. The van der Waals surface area contributed by atoms with Crippen molar-refractivity contribution in [2.45, 2.75) is 6.92 Å². The van der Waals surface area contributed by atoms with Crippen molar-refractivity contribution in [3.05, 3.63) is 41.0 Å². The first-order valence-electron chi connectivity index (χ1n) is 6.21. The van der Waals surface area contributed by atoms with Gasteiger partial charge < -0.3 is 10.5 Å². The van der Waals surface area contributed by atoms with Gasteiger partial charge in [-0.2, -0.15) is 0 Å². The Kier molecular flexibility index (Phi) is 3.31. The van der Waals surface area contributed by atoms with Crippen LogP contribution in [0.5, 0.6) is 5.75 Å². The summed E-state index contributed by atoms with van der Waals surface area (Å²) in [5.74, 6) is 1.24. The molecule has 2 heterocycles. The van der Waals surface area contributed by atoms with Crippen LogP contribution in [0.15, 0.2) is 41.0 Å². The second-order valence-electron chi connectivity index (χ2n) is 4.23. The third-order valence-corrected chi connectivity index (χ3v) is 3.33. The van der Waals surface area contributed by atoms with Crippen LogP contribution in [0.1, 0.15) is 6.92 Å². The van der Waals surface area contributed by atoms with E-state index in [0.717, 1.165) is 27.1 Å². The first-order valence-corrected chi connectivity index (χ1v) is 7.01. The zero-order valence-electron chi connectivity index (χ0n) is 10.9. The minimum atomic E-state index is 0.412. The summed E-state index contributed by atoms with van der Waals surface area (Å²) in [5, 5.41) is 0. The van der Waals surface area contributed by atoms with E-state index < -0.39 is 0 Å². The van der Waals surface area contributed by atoms with Crippen LogP contribution in [0.2, 0.25) is 0 Å². The van der Waals surface area contributed by atoms with Crippen molar-refractivity contribution < 1.29 is 4.74 Å². The minimum Gasteiger partial charge on any atom is -0.494 e. The second-order valence-corrected chi connectivity index (χ2v) is 5.14. The molecule has 102 valence electrons. The summed E-state index contributed by atoms with van der Waals surface area (Å²) in [6.45, 7) is 2.60. The number of pyridine rings is 1. The summed E-state index contributed by atoms with van der Waals surface area (Å²) in [5.41, 5.74) is 8.39. The standard InChI is InChI=1S/C14H13BrN4O/c1-2-20-11-5-3-10(4-6-11)19-13-12(18-14(19)16)7-9(15)8-17-13/h3-8H,2H2,1H3,(H2,16,18). The normalized spacial score (nSPS) is 10.9. The molecule has 1 aromatic carbocycles. The second kappa shape index (κ2) is 5.13. The Hall–Kier alpha value is -2.08. The Morgan fingerprint density at radius 3 is 2.75 bits per heavy atom. The maximum absolute atomic E-state index is 6.00. The largest absolute Gasteiger partial charge is 0.494 e. The lowest BCUT2D eigenvalue weighted by molar-refractivity contribution is 0.340. The number of fused-ring (bicyclic) bond motifs is 1. The maximum atomic E-state index is 6.00. The molecule has 6 heteroatoms. The highest BCUT2D eigenvalue weighted by Gasteiger charge is 2.11. The van der Waals surface area contributed by atoms with E-state index in [4.69, 9.17) is 10.5 Å². The predicted octanol–water partition coefficient (Wildman–Crippen LogP) is 3.16. The van der Waals surface area contributed by atoms with Crippen molar-refractivity contribution in [1.29, 1.82) is 0 Å². The zero-order chi connectivity index (χ0) is 14.1. The third-order valence-electron chi connectivity index (χ3n) is 2.90. The molecule has 0 bridgehead atoms.